The zero-order valence-electron chi connectivity index (χ0n) is 11.5. The molecule has 3 aliphatic heterocycles. The van der Waals surface area contributed by atoms with Crippen LogP contribution in [0.1, 0.15) is 5.76 Å². The first-order valence-corrected chi connectivity index (χ1v) is 6.91. The number of furan rings is 1. The van der Waals surface area contributed by atoms with Gasteiger partial charge in [-0.3, -0.25) is 9.59 Å². The molecule has 3 aliphatic rings. The van der Waals surface area contributed by atoms with Gasteiger partial charge in [0.2, 0.25) is 5.91 Å². The molecule has 0 aromatic carbocycles. The fourth-order valence-electron chi connectivity index (χ4n) is 3.71. The number of likely N-dealkylation sites (tertiary alicyclic amines) is 1. The highest BCUT2D eigenvalue weighted by atomic mass is 16.5. The third-order valence-electron chi connectivity index (χ3n) is 4.58. The topological polar surface area (TPSA) is 69.0 Å². The number of methoxy groups -OCH3 is 1. The predicted octanol–water partition coefficient (Wildman–Crippen LogP) is 0.735. The predicted molar refractivity (Wildman–Crippen MR) is 69.9 cm³/mol. The van der Waals surface area contributed by atoms with Gasteiger partial charge >= 0.3 is 5.97 Å². The molecule has 1 amide bonds. The Morgan fingerprint density at radius 2 is 2.43 bits per heavy atom. The van der Waals surface area contributed by atoms with E-state index in [1.54, 1.807) is 17.2 Å². The molecule has 0 aliphatic carbocycles. The lowest BCUT2D eigenvalue weighted by Crippen LogP contribution is -2.39. The van der Waals surface area contributed by atoms with Gasteiger partial charge in [-0.1, -0.05) is 12.2 Å². The van der Waals surface area contributed by atoms with Gasteiger partial charge in [-0.2, -0.15) is 0 Å². The standard InChI is InChI=1S/C15H15NO5/c1-19-14(18)11-10-4-5-15(21-10)8-16(13(17)12(11)15)7-9-3-2-6-20-9/h2-6,10-12H,7-8H2,1H3/t10-,11?,12+,15-/m1/s1. The number of carbonyl (C=O) groups is 2. The van der Waals surface area contributed by atoms with Crippen molar-refractivity contribution in [2.24, 2.45) is 11.8 Å². The van der Waals surface area contributed by atoms with Crippen molar-refractivity contribution in [1.82, 2.24) is 4.90 Å². The fourth-order valence-corrected chi connectivity index (χ4v) is 3.71. The van der Waals surface area contributed by atoms with Crippen LogP contribution in [0.5, 0.6) is 0 Å². The molecule has 4 atom stereocenters. The van der Waals surface area contributed by atoms with Crippen molar-refractivity contribution in [2.45, 2.75) is 18.2 Å². The Morgan fingerprint density at radius 3 is 3.14 bits per heavy atom. The highest BCUT2D eigenvalue weighted by Gasteiger charge is 2.67. The van der Waals surface area contributed by atoms with E-state index in [-0.39, 0.29) is 18.0 Å². The van der Waals surface area contributed by atoms with E-state index in [1.807, 2.05) is 18.2 Å². The number of esters is 1. The molecule has 0 N–H and O–H groups in total. The number of ether oxygens (including phenoxy) is 2. The average molecular weight is 289 g/mol. The maximum Gasteiger partial charge on any atom is 0.312 e. The summed E-state index contributed by atoms with van der Waals surface area (Å²) in [5, 5.41) is 0. The first-order valence-electron chi connectivity index (χ1n) is 6.91. The largest absolute Gasteiger partial charge is 0.469 e. The summed E-state index contributed by atoms with van der Waals surface area (Å²) >= 11 is 0. The maximum absolute atomic E-state index is 12.7. The summed E-state index contributed by atoms with van der Waals surface area (Å²) in [4.78, 5) is 26.4. The molecular weight excluding hydrogens is 274 g/mol. The Balaban J connectivity index is 1.64. The Kier molecular flexibility index (Phi) is 2.53. The van der Waals surface area contributed by atoms with Gasteiger partial charge in [0.25, 0.3) is 0 Å². The lowest BCUT2D eigenvalue weighted by Gasteiger charge is -2.22. The Labute approximate surface area is 121 Å². The van der Waals surface area contributed by atoms with E-state index in [9.17, 15) is 9.59 Å². The molecule has 6 nitrogen and oxygen atoms in total. The lowest BCUT2D eigenvalue weighted by atomic mass is 9.77. The van der Waals surface area contributed by atoms with E-state index in [4.69, 9.17) is 13.9 Å². The molecule has 1 aromatic rings. The van der Waals surface area contributed by atoms with Crippen LogP contribution in [0.25, 0.3) is 0 Å². The number of fused-ring (bicyclic) bond motifs is 1. The van der Waals surface area contributed by atoms with Gasteiger partial charge < -0.3 is 18.8 Å². The van der Waals surface area contributed by atoms with Crippen molar-refractivity contribution in [1.29, 1.82) is 0 Å². The summed E-state index contributed by atoms with van der Waals surface area (Å²) in [5.74, 6) is -0.782. The van der Waals surface area contributed by atoms with Crippen LogP contribution in [0.4, 0.5) is 0 Å². The highest BCUT2D eigenvalue weighted by Crippen LogP contribution is 2.52. The van der Waals surface area contributed by atoms with Crippen LogP contribution in [0, 0.1) is 11.8 Å². The monoisotopic (exact) mass is 289 g/mol. The first-order chi connectivity index (χ1) is 10.1. The zero-order valence-corrected chi connectivity index (χ0v) is 11.5. The van der Waals surface area contributed by atoms with Gasteiger partial charge in [-0.05, 0) is 12.1 Å². The van der Waals surface area contributed by atoms with Gasteiger partial charge in [0.05, 0.1) is 38.5 Å². The second kappa shape index (κ2) is 4.21. The van der Waals surface area contributed by atoms with Crippen molar-refractivity contribution in [3.63, 3.8) is 0 Å². The van der Waals surface area contributed by atoms with Crippen LogP contribution >= 0.6 is 0 Å². The fraction of sp³-hybridized carbons (Fsp3) is 0.467. The summed E-state index contributed by atoms with van der Waals surface area (Å²) < 4.78 is 16.1. The summed E-state index contributed by atoms with van der Waals surface area (Å²) in [5.41, 5.74) is -0.687. The maximum atomic E-state index is 12.7. The first kappa shape index (κ1) is 12.6. The number of amides is 1. The van der Waals surface area contributed by atoms with Crippen LogP contribution in [0.3, 0.4) is 0 Å². The van der Waals surface area contributed by atoms with Gasteiger partial charge in [-0.25, -0.2) is 0 Å². The molecule has 21 heavy (non-hydrogen) atoms. The number of hydrogen-bond acceptors (Lipinski definition) is 5. The molecule has 6 heteroatoms. The van der Waals surface area contributed by atoms with Crippen molar-refractivity contribution >= 4 is 11.9 Å². The van der Waals surface area contributed by atoms with Crippen molar-refractivity contribution in [3.05, 3.63) is 36.3 Å². The molecule has 1 unspecified atom stereocenters. The average Bonchev–Trinajstić information content (AvgIpc) is 3.22. The minimum absolute atomic E-state index is 0.0753. The minimum Gasteiger partial charge on any atom is -0.469 e. The molecule has 4 rings (SSSR count). The second-order valence-electron chi connectivity index (χ2n) is 5.70. The second-order valence-corrected chi connectivity index (χ2v) is 5.70. The molecule has 1 spiro atoms. The number of carbonyl (C=O) groups excluding carboxylic acids is 2. The molecule has 0 radical (unpaired) electrons. The summed E-state index contributed by atoms with van der Waals surface area (Å²) in [6.07, 6.45) is 5.01. The van der Waals surface area contributed by atoms with E-state index in [2.05, 4.69) is 0 Å². The Hall–Kier alpha value is -2.08. The lowest BCUT2D eigenvalue weighted by molar-refractivity contribution is -0.151. The molecule has 110 valence electrons. The molecule has 2 saturated heterocycles. The molecule has 4 heterocycles. The molecule has 0 saturated carbocycles. The quantitative estimate of drug-likeness (QED) is 0.606. The van der Waals surface area contributed by atoms with E-state index in [0.29, 0.717) is 18.8 Å². The molecular formula is C15H15NO5. The SMILES string of the molecule is COC(=O)C1[C@H]2C(=O)N(Cc3ccco3)C[C@]23C=C[C@H]1O3. The summed E-state index contributed by atoms with van der Waals surface area (Å²) in [6.45, 7) is 0.831. The van der Waals surface area contributed by atoms with Gasteiger partial charge in [0, 0.05) is 0 Å². The number of rotatable bonds is 3. The number of nitrogens with zero attached hydrogens (tertiary/aromatic N) is 1. The zero-order chi connectivity index (χ0) is 14.6. The minimum atomic E-state index is -0.687. The third kappa shape index (κ3) is 1.62. The summed E-state index contributed by atoms with van der Waals surface area (Å²) in [6, 6.07) is 3.61. The van der Waals surface area contributed by atoms with Gasteiger partial charge in [0.15, 0.2) is 0 Å². The van der Waals surface area contributed by atoms with Crippen molar-refractivity contribution < 1.29 is 23.5 Å². The molecule has 1 aromatic heterocycles. The van der Waals surface area contributed by atoms with Crippen LogP contribution in [0.15, 0.2) is 35.0 Å². The Bertz CT molecular complexity index is 622. The van der Waals surface area contributed by atoms with E-state index in [1.165, 1.54) is 7.11 Å². The van der Waals surface area contributed by atoms with Gasteiger partial charge in [-0.15, -0.1) is 0 Å². The van der Waals surface area contributed by atoms with Crippen LogP contribution < -0.4 is 0 Å². The van der Waals surface area contributed by atoms with Crippen molar-refractivity contribution in [3.8, 4) is 0 Å². The van der Waals surface area contributed by atoms with E-state index in [0.717, 1.165) is 0 Å². The highest BCUT2D eigenvalue weighted by molar-refractivity contribution is 5.91. The van der Waals surface area contributed by atoms with Crippen LogP contribution in [0.2, 0.25) is 0 Å². The molecule has 2 bridgehead atoms. The normalized spacial score (nSPS) is 36.3. The van der Waals surface area contributed by atoms with Crippen LogP contribution in [-0.2, 0) is 25.6 Å². The van der Waals surface area contributed by atoms with E-state index >= 15 is 0 Å². The van der Waals surface area contributed by atoms with Crippen molar-refractivity contribution in [2.75, 3.05) is 13.7 Å². The Morgan fingerprint density at radius 1 is 1.57 bits per heavy atom. The van der Waals surface area contributed by atoms with Gasteiger partial charge in [0.1, 0.15) is 17.3 Å². The van der Waals surface area contributed by atoms with Crippen LogP contribution in [-0.4, -0.2) is 42.1 Å². The summed E-state index contributed by atoms with van der Waals surface area (Å²) in [7, 11) is 1.34. The number of hydrogen-bond donors (Lipinski definition) is 0. The molecule has 2 fully saturated rings. The van der Waals surface area contributed by atoms with E-state index < -0.39 is 17.4 Å². The smallest absolute Gasteiger partial charge is 0.312 e. The third-order valence-corrected chi connectivity index (χ3v) is 4.58.